The van der Waals surface area contributed by atoms with Gasteiger partial charge in [-0.15, -0.1) is 0 Å². The molecule has 4 heteroatoms. The molecule has 1 N–H and O–H groups in total. The van der Waals surface area contributed by atoms with E-state index in [1.54, 1.807) is 0 Å². The number of likely N-dealkylation sites (tertiary alicyclic amines) is 1. The van der Waals surface area contributed by atoms with Crippen LogP contribution < -0.4 is 5.32 Å². The minimum Gasteiger partial charge on any atom is -0.381 e. The molecule has 3 unspecified atom stereocenters. The third-order valence-corrected chi connectivity index (χ3v) is 4.45. The fourth-order valence-corrected chi connectivity index (χ4v) is 3.44. The van der Waals surface area contributed by atoms with Gasteiger partial charge in [-0.3, -0.25) is 0 Å². The van der Waals surface area contributed by atoms with E-state index in [0.717, 1.165) is 52.3 Å². The van der Waals surface area contributed by atoms with Gasteiger partial charge in [0.15, 0.2) is 0 Å². The molecule has 4 nitrogen and oxygen atoms in total. The van der Waals surface area contributed by atoms with Gasteiger partial charge in [0, 0.05) is 38.3 Å². The molecular formula is C16H32N2O2. The van der Waals surface area contributed by atoms with Crippen molar-refractivity contribution >= 4 is 0 Å². The Morgan fingerprint density at radius 2 is 2.20 bits per heavy atom. The summed E-state index contributed by atoms with van der Waals surface area (Å²) in [5.41, 5.74) is 0. The van der Waals surface area contributed by atoms with Crippen molar-refractivity contribution in [3.63, 3.8) is 0 Å². The molecule has 2 heterocycles. The summed E-state index contributed by atoms with van der Waals surface area (Å²) >= 11 is 0. The average Bonchev–Trinajstić information content (AvgIpc) is 2.48. The first-order chi connectivity index (χ1) is 9.83. The Labute approximate surface area is 124 Å². The third-order valence-electron chi connectivity index (χ3n) is 4.45. The van der Waals surface area contributed by atoms with Crippen LogP contribution in [0.5, 0.6) is 0 Å². The molecule has 2 fully saturated rings. The van der Waals surface area contributed by atoms with Crippen LogP contribution in [0.4, 0.5) is 0 Å². The third kappa shape index (κ3) is 4.99. The van der Waals surface area contributed by atoms with Crippen LogP contribution in [0.1, 0.15) is 39.5 Å². The molecule has 0 amide bonds. The first kappa shape index (κ1) is 16.2. The topological polar surface area (TPSA) is 33.7 Å². The predicted molar refractivity (Wildman–Crippen MR) is 82.1 cm³/mol. The largest absolute Gasteiger partial charge is 0.381 e. The maximum absolute atomic E-state index is 5.94. The molecule has 0 spiro atoms. The van der Waals surface area contributed by atoms with Gasteiger partial charge in [-0.1, -0.05) is 13.8 Å². The Balaban J connectivity index is 1.78. The van der Waals surface area contributed by atoms with Crippen LogP contribution in [0.2, 0.25) is 0 Å². The van der Waals surface area contributed by atoms with Gasteiger partial charge in [-0.2, -0.15) is 0 Å². The Morgan fingerprint density at radius 1 is 1.30 bits per heavy atom. The van der Waals surface area contributed by atoms with Crippen molar-refractivity contribution in [3.05, 3.63) is 0 Å². The van der Waals surface area contributed by atoms with Crippen molar-refractivity contribution in [1.29, 1.82) is 0 Å². The number of hydrogen-bond donors (Lipinski definition) is 1. The number of ether oxygens (including phenoxy) is 2. The van der Waals surface area contributed by atoms with Crippen LogP contribution in [-0.2, 0) is 9.47 Å². The van der Waals surface area contributed by atoms with E-state index in [1.807, 2.05) is 0 Å². The number of rotatable bonds is 7. The van der Waals surface area contributed by atoms with Crippen LogP contribution in [0.15, 0.2) is 0 Å². The summed E-state index contributed by atoms with van der Waals surface area (Å²) in [5.74, 6) is 0.633. The van der Waals surface area contributed by atoms with Gasteiger partial charge < -0.3 is 19.7 Å². The van der Waals surface area contributed by atoms with Crippen molar-refractivity contribution in [2.24, 2.45) is 5.92 Å². The Kier molecular flexibility index (Phi) is 7.28. The molecule has 2 aliphatic rings. The minimum absolute atomic E-state index is 0.450. The molecule has 0 bridgehead atoms. The molecule has 20 heavy (non-hydrogen) atoms. The molecule has 2 rings (SSSR count). The standard InChI is InChI=1S/C16H32N2O2/c1-3-9-20-15-6-5-8-18(12-15)11-14-13-19-10-7-16(14)17-4-2/h14-17H,3-13H2,1-2H3. The Hall–Kier alpha value is -0.160. The smallest absolute Gasteiger partial charge is 0.0702 e. The van der Waals surface area contributed by atoms with Crippen molar-refractivity contribution in [1.82, 2.24) is 10.2 Å². The van der Waals surface area contributed by atoms with E-state index < -0.39 is 0 Å². The van der Waals surface area contributed by atoms with E-state index in [0.29, 0.717) is 18.1 Å². The lowest BCUT2D eigenvalue weighted by Crippen LogP contribution is -2.50. The first-order valence-corrected chi connectivity index (χ1v) is 8.48. The molecule has 0 radical (unpaired) electrons. The van der Waals surface area contributed by atoms with Crippen molar-refractivity contribution in [2.45, 2.75) is 51.7 Å². The number of nitrogens with one attached hydrogen (secondary N) is 1. The summed E-state index contributed by atoms with van der Waals surface area (Å²) in [7, 11) is 0. The highest BCUT2D eigenvalue weighted by Crippen LogP contribution is 2.20. The molecular weight excluding hydrogens is 252 g/mol. The average molecular weight is 284 g/mol. The summed E-state index contributed by atoms with van der Waals surface area (Å²) in [4.78, 5) is 2.59. The Morgan fingerprint density at radius 3 is 3.00 bits per heavy atom. The van der Waals surface area contributed by atoms with Crippen molar-refractivity contribution < 1.29 is 9.47 Å². The first-order valence-electron chi connectivity index (χ1n) is 8.48. The van der Waals surface area contributed by atoms with Gasteiger partial charge in [0.2, 0.25) is 0 Å². The Bertz CT molecular complexity index is 261. The van der Waals surface area contributed by atoms with Crippen LogP contribution in [0, 0.1) is 5.92 Å². The molecule has 0 aliphatic carbocycles. The second-order valence-electron chi connectivity index (χ2n) is 6.18. The van der Waals surface area contributed by atoms with E-state index in [9.17, 15) is 0 Å². The van der Waals surface area contributed by atoms with Gasteiger partial charge in [0.05, 0.1) is 12.7 Å². The maximum Gasteiger partial charge on any atom is 0.0702 e. The summed E-state index contributed by atoms with van der Waals surface area (Å²) < 4.78 is 11.6. The van der Waals surface area contributed by atoms with Crippen LogP contribution in [0.25, 0.3) is 0 Å². The second kappa shape index (κ2) is 8.98. The highest BCUT2D eigenvalue weighted by Gasteiger charge is 2.29. The summed E-state index contributed by atoms with van der Waals surface area (Å²) in [5, 5.41) is 3.63. The van der Waals surface area contributed by atoms with Gasteiger partial charge >= 0.3 is 0 Å². The molecule has 0 saturated carbocycles. The molecule has 2 saturated heterocycles. The molecule has 0 aromatic rings. The zero-order valence-corrected chi connectivity index (χ0v) is 13.3. The predicted octanol–water partition coefficient (Wildman–Crippen LogP) is 1.89. The van der Waals surface area contributed by atoms with Crippen LogP contribution in [-0.4, -0.2) is 63.0 Å². The second-order valence-corrected chi connectivity index (χ2v) is 6.18. The van der Waals surface area contributed by atoms with Gasteiger partial charge in [0.25, 0.3) is 0 Å². The van der Waals surface area contributed by atoms with E-state index >= 15 is 0 Å². The lowest BCUT2D eigenvalue weighted by atomic mass is 9.94. The normalized spacial score (nSPS) is 32.4. The summed E-state index contributed by atoms with van der Waals surface area (Å²) in [6.45, 7) is 11.7. The van der Waals surface area contributed by atoms with Crippen molar-refractivity contribution in [2.75, 3.05) is 46.0 Å². The lowest BCUT2D eigenvalue weighted by Gasteiger charge is -2.39. The van der Waals surface area contributed by atoms with Gasteiger partial charge in [0.1, 0.15) is 0 Å². The monoisotopic (exact) mass is 284 g/mol. The van der Waals surface area contributed by atoms with E-state index in [-0.39, 0.29) is 0 Å². The fraction of sp³-hybridized carbons (Fsp3) is 1.00. The highest BCUT2D eigenvalue weighted by atomic mass is 16.5. The molecule has 0 aromatic carbocycles. The number of nitrogens with zero attached hydrogens (tertiary/aromatic N) is 1. The van der Waals surface area contributed by atoms with E-state index in [4.69, 9.17) is 9.47 Å². The van der Waals surface area contributed by atoms with Crippen LogP contribution in [0.3, 0.4) is 0 Å². The van der Waals surface area contributed by atoms with Crippen LogP contribution >= 0.6 is 0 Å². The summed E-state index contributed by atoms with van der Waals surface area (Å²) in [6, 6.07) is 0.630. The minimum atomic E-state index is 0.450. The fourth-order valence-electron chi connectivity index (χ4n) is 3.44. The van der Waals surface area contributed by atoms with Gasteiger partial charge in [-0.05, 0) is 38.8 Å². The quantitative estimate of drug-likeness (QED) is 0.774. The maximum atomic E-state index is 5.94. The lowest BCUT2D eigenvalue weighted by molar-refractivity contribution is -0.0233. The van der Waals surface area contributed by atoms with Gasteiger partial charge in [-0.25, -0.2) is 0 Å². The highest BCUT2D eigenvalue weighted by molar-refractivity contribution is 4.84. The number of piperidine rings is 1. The molecule has 2 aliphatic heterocycles. The zero-order chi connectivity index (χ0) is 14.2. The molecule has 3 atom stereocenters. The number of hydrogen-bond acceptors (Lipinski definition) is 4. The molecule has 118 valence electrons. The van der Waals surface area contributed by atoms with E-state index in [2.05, 4.69) is 24.1 Å². The van der Waals surface area contributed by atoms with Crippen molar-refractivity contribution in [3.8, 4) is 0 Å². The van der Waals surface area contributed by atoms with E-state index in [1.165, 1.54) is 19.4 Å². The SMILES string of the molecule is CCCOC1CCCN(CC2COCCC2NCC)C1. The summed E-state index contributed by atoms with van der Waals surface area (Å²) in [6.07, 6.45) is 5.23. The molecule has 0 aromatic heterocycles. The zero-order valence-electron chi connectivity index (χ0n) is 13.3.